The third-order valence-electron chi connectivity index (χ3n) is 5.76. The van der Waals surface area contributed by atoms with Gasteiger partial charge in [0.25, 0.3) is 5.65 Å². The molecule has 0 aromatic carbocycles. The Kier molecular flexibility index (Phi) is 2.56. The summed E-state index contributed by atoms with van der Waals surface area (Å²) in [7, 11) is 0. The van der Waals surface area contributed by atoms with Crippen LogP contribution in [0.3, 0.4) is 0 Å². The van der Waals surface area contributed by atoms with Crippen LogP contribution in [0.1, 0.15) is 47.5 Å². The van der Waals surface area contributed by atoms with Crippen LogP contribution in [-0.4, -0.2) is 4.40 Å². The van der Waals surface area contributed by atoms with Gasteiger partial charge < -0.3 is 0 Å². The van der Waals surface area contributed by atoms with Crippen molar-refractivity contribution in [3.63, 3.8) is 0 Å². The van der Waals surface area contributed by atoms with Crippen LogP contribution in [0.15, 0.2) is 11.4 Å². The van der Waals surface area contributed by atoms with Gasteiger partial charge in [-0.2, -0.15) is 4.40 Å². The summed E-state index contributed by atoms with van der Waals surface area (Å²) < 4.78 is 5.04. The maximum absolute atomic E-state index is 2.57. The van der Waals surface area contributed by atoms with Crippen LogP contribution in [0.4, 0.5) is 0 Å². The van der Waals surface area contributed by atoms with E-state index in [1.54, 1.807) is 0 Å². The minimum atomic E-state index is 0.0169. The van der Waals surface area contributed by atoms with Crippen molar-refractivity contribution in [3.8, 4) is 10.6 Å². The molecule has 22 heavy (non-hydrogen) atoms. The first-order chi connectivity index (χ1) is 10.3. The molecule has 3 heteroatoms. The zero-order valence-electron chi connectivity index (χ0n) is 14.5. The van der Waals surface area contributed by atoms with Crippen LogP contribution >= 0.6 is 11.3 Å². The molecule has 4 rings (SSSR count). The van der Waals surface area contributed by atoms with Gasteiger partial charge in [0.15, 0.2) is 11.4 Å². The van der Waals surface area contributed by atoms with E-state index < -0.39 is 0 Å². The van der Waals surface area contributed by atoms with Gasteiger partial charge in [-0.25, -0.2) is 4.57 Å². The van der Waals surface area contributed by atoms with Gasteiger partial charge in [-0.3, -0.25) is 0 Å². The minimum absolute atomic E-state index is 0.0169. The van der Waals surface area contributed by atoms with Crippen molar-refractivity contribution in [2.45, 2.75) is 54.0 Å². The van der Waals surface area contributed by atoms with Crippen LogP contribution in [0.2, 0.25) is 0 Å². The van der Waals surface area contributed by atoms with E-state index in [-0.39, 0.29) is 5.54 Å². The number of hydrogen-bond donors (Lipinski definition) is 0. The van der Waals surface area contributed by atoms with E-state index in [0.29, 0.717) is 0 Å². The largest absolute Gasteiger partial charge is 0.291 e. The summed E-state index contributed by atoms with van der Waals surface area (Å²) in [4.78, 5) is 1.44. The van der Waals surface area contributed by atoms with Crippen LogP contribution in [-0.2, 0) is 5.54 Å². The molecule has 1 aliphatic heterocycles. The van der Waals surface area contributed by atoms with Gasteiger partial charge in [-0.15, -0.1) is 11.3 Å². The smallest absolute Gasteiger partial charge is 0.213 e. The molecule has 0 amide bonds. The highest BCUT2D eigenvalue weighted by Crippen LogP contribution is 2.44. The second-order valence-corrected chi connectivity index (χ2v) is 8.03. The molecule has 0 saturated heterocycles. The van der Waals surface area contributed by atoms with E-state index in [1.807, 2.05) is 11.3 Å². The lowest BCUT2D eigenvalue weighted by molar-refractivity contribution is -0.707. The topological polar surface area (TPSA) is 8.29 Å². The van der Waals surface area contributed by atoms with E-state index in [0.717, 1.165) is 0 Å². The van der Waals surface area contributed by atoms with Crippen molar-refractivity contribution >= 4 is 17.0 Å². The number of aryl methyl sites for hydroxylation is 3. The molecule has 0 unspecified atom stereocenters. The Hall–Kier alpha value is -1.61. The number of rotatable bonds is 0. The van der Waals surface area contributed by atoms with Crippen molar-refractivity contribution < 1.29 is 4.57 Å². The van der Waals surface area contributed by atoms with Crippen molar-refractivity contribution in [2.75, 3.05) is 0 Å². The third kappa shape index (κ3) is 1.34. The molecular weight excluding hydrogens is 288 g/mol. The average Bonchev–Trinajstić information content (AvgIpc) is 3.09. The Bertz CT molecular complexity index is 954. The quantitative estimate of drug-likeness (QED) is 0.537. The standard InChI is InChI=1S/C19H23N2S/c1-10-11(2)13(4)20-14(5)16-17-15(8-9-22-17)19(6,7)21(16)18(20)12(10)3/h8-9H,1-7H3/q+1. The molecule has 0 fully saturated rings. The molecule has 0 N–H and O–H groups in total. The molecule has 4 heterocycles. The molecule has 0 spiro atoms. The molecule has 0 atom stereocenters. The Morgan fingerprint density at radius 1 is 0.955 bits per heavy atom. The fourth-order valence-corrected chi connectivity index (χ4v) is 5.31. The molecule has 0 aliphatic carbocycles. The highest BCUT2D eigenvalue weighted by atomic mass is 32.1. The average molecular weight is 311 g/mol. The van der Waals surface area contributed by atoms with Crippen LogP contribution in [0.25, 0.3) is 16.2 Å². The number of imidazole rings is 1. The first-order valence-electron chi connectivity index (χ1n) is 7.90. The number of pyridine rings is 1. The lowest BCUT2D eigenvalue weighted by Gasteiger charge is -2.18. The van der Waals surface area contributed by atoms with E-state index in [1.165, 1.54) is 49.9 Å². The summed E-state index contributed by atoms with van der Waals surface area (Å²) in [5.74, 6) is 0. The van der Waals surface area contributed by atoms with Crippen LogP contribution in [0, 0.1) is 34.6 Å². The van der Waals surface area contributed by atoms with Gasteiger partial charge in [-0.1, -0.05) is 0 Å². The SMILES string of the molecule is Cc1c(C)c(C)n2c(C)c3[n+](c2c1C)C(C)(C)c1ccsc1-3. The van der Waals surface area contributed by atoms with Crippen molar-refractivity contribution in [1.29, 1.82) is 0 Å². The fourth-order valence-electron chi connectivity index (χ4n) is 4.17. The highest BCUT2D eigenvalue weighted by Gasteiger charge is 2.47. The molecule has 0 bridgehead atoms. The normalized spacial score (nSPS) is 15.4. The second-order valence-electron chi connectivity index (χ2n) is 7.11. The number of aromatic nitrogens is 2. The monoisotopic (exact) mass is 311 g/mol. The molecule has 1 aliphatic rings. The molecule has 114 valence electrons. The minimum Gasteiger partial charge on any atom is -0.213 e. The molecule has 0 saturated carbocycles. The van der Waals surface area contributed by atoms with Gasteiger partial charge >= 0.3 is 0 Å². The number of hydrogen-bond acceptors (Lipinski definition) is 1. The zero-order chi connectivity index (χ0) is 16.0. The van der Waals surface area contributed by atoms with E-state index in [4.69, 9.17) is 0 Å². The lowest BCUT2D eigenvalue weighted by atomic mass is 9.97. The molecule has 3 aromatic heterocycles. The Morgan fingerprint density at radius 2 is 1.64 bits per heavy atom. The van der Waals surface area contributed by atoms with Gasteiger partial charge in [0, 0.05) is 18.1 Å². The van der Waals surface area contributed by atoms with E-state index >= 15 is 0 Å². The number of fused-ring (bicyclic) bond motifs is 5. The van der Waals surface area contributed by atoms with Gasteiger partial charge in [-0.05, 0) is 64.1 Å². The first-order valence-corrected chi connectivity index (χ1v) is 8.78. The summed E-state index contributed by atoms with van der Waals surface area (Å²) in [6, 6.07) is 2.30. The Labute approximate surface area is 136 Å². The van der Waals surface area contributed by atoms with Gasteiger partial charge in [0.05, 0.1) is 4.88 Å². The van der Waals surface area contributed by atoms with E-state index in [2.05, 4.69) is 68.9 Å². The Morgan fingerprint density at radius 3 is 2.32 bits per heavy atom. The van der Waals surface area contributed by atoms with Crippen LogP contribution in [0.5, 0.6) is 0 Å². The maximum atomic E-state index is 2.57. The second kappa shape index (κ2) is 4.02. The predicted octanol–water partition coefficient (Wildman–Crippen LogP) is 4.59. The van der Waals surface area contributed by atoms with Crippen molar-refractivity contribution in [1.82, 2.24) is 4.40 Å². The fraction of sp³-hybridized carbons (Fsp3) is 0.421. The Balaban J connectivity index is 2.32. The highest BCUT2D eigenvalue weighted by molar-refractivity contribution is 7.13. The summed E-state index contributed by atoms with van der Waals surface area (Å²) in [6.07, 6.45) is 0. The number of nitrogens with zero attached hydrogens (tertiary/aromatic N) is 2. The van der Waals surface area contributed by atoms with Gasteiger partial charge in [0.1, 0.15) is 11.2 Å². The summed E-state index contributed by atoms with van der Waals surface area (Å²) in [5.41, 5.74) is 11.2. The van der Waals surface area contributed by atoms with Crippen molar-refractivity contribution in [3.05, 3.63) is 45.1 Å². The van der Waals surface area contributed by atoms with Gasteiger partial charge in [0.2, 0.25) is 0 Å². The molecule has 2 nitrogen and oxygen atoms in total. The third-order valence-corrected chi connectivity index (χ3v) is 6.68. The summed E-state index contributed by atoms with van der Waals surface area (Å²) in [5, 5.41) is 2.23. The predicted molar refractivity (Wildman–Crippen MR) is 93.0 cm³/mol. The van der Waals surface area contributed by atoms with Crippen molar-refractivity contribution in [2.24, 2.45) is 0 Å². The molecule has 3 aromatic rings. The zero-order valence-corrected chi connectivity index (χ0v) is 15.3. The van der Waals surface area contributed by atoms with Crippen LogP contribution < -0.4 is 4.57 Å². The lowest BCUT2D eigenvalue weighted by Crippen LogP contribution is -2.50. The van der Waals surface area contributed by atoms with E-state index in [9.17, 15) is 0 Å². The molecule has 0 radical (unpaired) electrons. The summed E-state index contributed by atoms with van der Waals surface area (Å²) >= 11 is 1.87. The summed E-state index contributed by atoms with van der Waals surface area (Å²) in [6.45, 7) is 16.0. The maximum Gasteiger partial charge on any atom is 0.291 e. The first kappa shape index (κ1) is 14.0. The molecular formula is C19H23N2S+. The number of thiophene rings is 1.